The van der Waals surface area contributed by atoms with E-state index in [1.54, 1.807) is 6.33 Å². The Bertz CT molecular complexity index is 452. The van der Waals surface area contributed by atoms with Crippen LogP contribution in [0.2, 0.25) is 0 Å². The second-order valence-corrected chi connectivity index (χ2v) is 5.06. The van der Waals surface area contributed by atoms with Gasteiger partial charge in [-0.3, -0.25) is 5.10 Å². The number of aromatic amines is 1. The zero-order valence-electron chi connectivity index (χ0n) is 10.4. The smallest absolute Gasteiger partial charge is 0.137 e. The van der Waals surface area contributed by atoms with Gasteiger partial charge in [-0.05, 0) is 24.1 Å². The lowest BCUT2D eigenvalue weighted by atomic mass is 10.0. The van der Waals surface area contributed by atoms with E-state index >= 15 is 0 Å². The van der Waals surface area contributed by atoms with Crippen molar-refractivity contribution in [3.63, 3.8) is 0 Å². The number of aromatic nitrogens is 3. The van der Waals surface area contributed by atoms with Crippen molar-refractivity contribution in [2.24, 2.45) is 0 Å². The standard InChI is InChI=1S/C13H17BrN4/c1-2-12(10-3-5-11(14)6-4-10)15-8-7-13-16-9-17-18-13/h3-6,9,12,15H,2,7-8H2,1H3,(H,16,17,18). The lowest BCUT2D eigenvalue weighted by Gasteiger charge is -2.17. The summed E-state index contributed by atoms with van der Waals surface area (Å²) in [7, 11) is 0. The second-order valence-electron chi connectivity index (χ2n) is 4.15. The Morgan fingerprint density at radius 1 is 1.33 bits per heavy atom. The van der Waals surface area contributed by atoms with Gasteiger partial charge in [-0.15, -0.1) is 0 Å². The fourth-order valence-electron chi connectivity index (χ4n) is 1.91. The molecule has 2 rings (SSSR count). The lowest BCUT2D eigenvalue weighted by Crippen LogP contribution is -2.23. The van der Waals surface area contributed by atoms with Crippen LogP contribution >= 0.6 is 15.9 Å². The lowest BCUT2D eigenvalue weighted by molar-refractivity contribution is 0.518. The van der Waals surface area contributed by atoms with Gasteiger partial charge in [0.05, 0.1) is 0 Å². The molecule has 0 aliphatic carbocycles. The molecule has 0 saturated carbocycles. The first-order valence-electron chi connectivity index (χ1n) is 6.12. The molecule has 96 valence electrons. The summed E-state index contributed by atoms with van der Waals surface area (Å²) < 4.78 is 1.11. The molecule has 2 aromatic rings. The molecule has 0 fully saturated rings. The Hall–Kier alpha value is -1.20. The van der Waals surface area contributed by atoms with E-state index < -0.39 is 0 Å². The Kier molecular flexibility index (Phi) is 4.90. The summed E-state index contributed by atoms with van der Waals surface area (Å²) in [4.78, 5) is 4.11. The van der Waals surface area contributed by atoms with E-state index in [0.29, 0.717) is 6.04 Å². The van der Waals surface area contributed by atoms with E-state index in [4.69, 9.17) is 0 Å². The number of halogens is 1. The van der Waals surface area contributed by atoms with Crippen LogP contribution in [0.4, 0.5) is 0 Å². The molecule has 0 bridgehead atoms. The van der Waals surface area contributed by atoms with Crippen molar-refractivity contribution >= 4 is 15.9 Å². The Labute approximate surface area is 115 Å². The van der Waals surface area contributed by atoms with Crippen molar-refractivity contribution < 1.29 is 0 Å². The first-order chi connectivity index (χ1) is 8.79. The quantitative estimate of drug-likeness (QED) is 0.863. The van der Waals surface area contributed by atoms with Crippen LogP contribution in [0.25, 0.3) is 0 Å². The van der Waals surface area contributed by atoms with Crippen molar-refractivity contribution in [3.8, 4) is 0 Å². The van der Waals surface area contributed by atoms with Crippen LogP contribution in [0.1, 0.15) is 30.8 Å². The Morgan fingerprint density at radius 2 is 2.11 bits per heavy atom. The van der Waals surface area contributed by atoms with Gasteiger partial charge >= 0.3 is 0 Å². The van der Waals surface area contributed by atoms with E-state index in [1.165, 1.54) is 5.56 Å². The van der Waals surface area contributed by atoms with Gasteiger partial charge in [0.2, 0.25) is 0 Å². The zero-order valence-corrected chi connectivity index (χ0v) is 11.9. The van der Waals surface area contributed by atoms with Crippen molar-refractivity contribution in [2.75, 3.05) is 6.54 Å². The molecular formula is C13H17BrN4. The van der Waals surface area contributed by atoms with E-state index in [-0.39, 0.29) is 0 Å². The van der Waals surface area contributed by atoms with E-state index in [0.717, 1.165) is 29.7 Å². The number of benzene rings is 1. The topological polar surface area (TPSA) is 53.6 Å². The maximum Gasteiger partial charge on any atom is 0.137 e. The van der Waals surface area contributed by atoms with Gasteiger partial charge in [0.1, 0.15) is 12.2 Å². The predicted octanol–water partition coefficient (Wildman–Crippen LogP) is 2.85. The second kappa shape index (κ2) is 6.66. The molecule has 0 spiro atoms. The molecule has 1 aromatic carbocycles. The predicted molar refractivity (Wildman–Crippen MR) is 75.3 cm³/mol. The normalized spacial score (nSPS) is 12.6. The number of nitrogens with zero attached hydrogens (tertiary/aromatic N) is 2. The summed E-state index contributed by atoms with van der Waals surface area (Å²) in [5.74, 6) is 0.924. The van der Waals surface area contributed by atoms with Crippen LogP contribution in [0.15, 0.2) is 35.1 Å². The molecule has 1 atom stereocenters. The molecule has 0 saturated heterocycles. The molecule has 0 aliphatic rings. The summed E-state index contributed by atoms with van der Waals surface area (Å²) in [6.45, 7) is 3.08. The number of H-pyrrole nitrogens is 1. The number of rotatable bonds is 6. The highest BCUT2D eigenvalue weighted by Gasteiger charge is 2.08. The van der Waals surface area contributed by atoms with E-state index in [2.05, 4.69) is 67.6 Å². The van der Waals surface area contributed by atoms with Crippen LogP contribution in [0.3, 0.4) is 0 Å². The molecule has 1 heterocycles. The maximum atomic E-state index is 4.11. The van der Waals surface area contributed by atoms with Crippen LogP contribution in [-0.2, 0) is 6.42 Å². The minimum atomic E-state index is 0.390. The van der Waals surface area contributed by atoms with Crippen LogP contribution in [0, 0.1) is 0 Å². The van der Waals surface area contributed by atoms with Gasteiger partial charge in [0.15, 0.2) is 0 Å². The first-order valence-corrected chi connectivity index (χ1v) is 6.92. The van der Waals surface area contributed by atoms with Crippen molar-refractivity contribution in [1.82, 2.24) is 20.5 Å². The van der Waals surface area contributed by atoms with E-state index in [9.17, 15) is 0 Å². The Balaban J connectivity index is 1.87. The third-order valence-electron chi connectivity index (χ3n) is 2.90. The molecule has 1 unspecified atom stereocenters. The molecule has 4 nitrogen and oxygen atoms in total. The van der Waals surface area contributed by atoms with E-state index in [1.807, 2.05) is 0 Å². The van der Waals surface area contributed by atoms with Gasteiger partial charge < -0.3 is 5.32 Å². The monoisotopic (exact) mass is 308 g/mol. The fourth-order valence-corrected chi connectivity index (χ4v) is 2.17. The highest BCUT2D eigenvalue weighted by Crippen LogP contribution is 2.19. The zero-order chi connectivity index (χ0) is 12.8. The third-order valence-corrected chi connectivity index (χ3v) is 3.43. The molecule has 18 heavy (non-hydrogen) atoms. The van der Waals surface area contributed by atoms with Crippen molar-refractivity contribution in [1.29, 1.82) is 0 Å². The highest BCUT2D eigenvalue weighted by atomic mass is 79.9. The summed E-state index contributed by atoms with van der Waals surface area (Å²) in [5, 5.41) is 10.2. The minimum Gasteiger partial charge on any atom is -0.310 e. The first kappa shape index (κ1) is 13.2. The molecule has 0 aliphatic heterocycles. The average Bonchev–Trinajstić information content (AvgIpc) is 2.89. The largest absolute Gasteiger partial charge is 0.310 e. The maximum absolute atomic E-state index is 4.11. The molecule has 0 radical (unpaired) electrons. The highest BCUT2D eigenvalue weighted by molar-refractivity contribution is 9.10. The van der Waals surface area contributed by atoms with Gasteiger partial charge in [-0.2, -0.15) is 5.10 Å². The summed E-state index contributed by atoms with van der Waals surface area (Å²) in [5.41, 5.74) is 1.32. The van der Waals surface area contributed by atoms with Gasteiger partial charge in [-0.25, -0.2) is 4.98 Å². The van der Waals surface area contributed by atoms with Crippen LogP contribution in [0.5, 0.6) is 0 Å². The van der Waals surface area contributed by atoms with Crippen LogP contribution < -0.4 is 5.32 Å². The van der Waals surface area contributed by atoms with Gasteiger partial charge in [0, 0.05) is 23.5 Å². The third kappa shape index (κ3) is 3.65. The molecule has 5 heteroatoms. The van der Waals surface area contributed by atoms with Crippen molar-refractivity contribution in [2.45, 2.75) is 25.8 Å². The minimum absolute atomic E-state index is 0.390. The SMILES string of the molecule is CCC(NCCc1ncn[nH]1)c1ccc(Br)cc1. The molecule has 0 amide bonds. The average molecular weight is 309 g/mol. The Morgan fingerprint density at radius 3 is 2.72 bits per heavy atom. The van der Waals surface area contributed by atoms with Crippen LogP contribution in [-0.4, -0.2) is 21.7 Å². The van der Waals surface area contributed by atoms with Gasteiger partial charge in [-0.1, -0.05) is 35.0 Å². The number of hydrogen-bond donors (Lipinski definition) is 2. The molecular weight excluding hydrogens is 292 g/mol. The molecule has 2 N–H and O–H groups in total. The van der Waals surface area contributed by atoms with Gasteiger partial charge in [0.25, 0.3) is 0 Å². The molecule has 1 aromatic heterocycles. The summed E-state index contributed by atoms with van der Waals surface area (Å²) in [6, 6.07) is 8.85. The summed E-state index contributed by atoms with van der Waals surface area (Å²) >= 11 is 3.46. The van der Waals surface area contributed by atoms with Crippen molar-refractivity contribution in [3.05, 3.63) is 46.5 Å². The fraction of sp³-hybridized carbons (Fsp3) is 0.385. The number of hydrogen-bond acceptors (Lipinski definition) is 3. The number of nitrogens with one attached hydrogen (secondary N) is 2. The summed E-state index contributed by atoms with van der Waals surface area (Å²) in [6.07, 6.45) is 3.48.